The fraction of sp³-hybridized carbons (Fsp3) is 0.636. The maximum absolute atomic E-state index is 6.13. The Balaban J connectivity index is 1.82. The smallest absolute Gasteiger partial charge is 0.224 e. The molecule has 1 fully saturated rings. The van der Waals surface area contributed by atoms with Crippen molar-refractivity contribution in [3.8, 4) is 0 Å². The summed E-state index contributed by atoms with van der Waals surface area (Å²) in [5, 5.41) is 7.20. The Morgan fingerprint density at radius 2 is 2.00 bits per heavy atom. The number of hydrogen-bond donors (Lipinski definition) is 2. The van der Waals surface area contributed by atoms with Crippen LogP contribution in [0.4, 0.5) is 5.95 Å². The van der Waals surface area contributed by atoms with Crippen LogP contribution < -0.4 is 10.6 Å². The van der Waals surface area contributed by atoms with Crippen LogP contribution in [0.2, 0.25) is 5.15 Å². The van der Waals surface area contributed by atoms with E-state index in [9.17, 15) is 0 Å². The molecule has 2 heterocycles. The first-order chi connectivity index (χ1) is 7.83. The lowest BCUT2D eigenvalue weighted by Gasteiger charge is -2.12. The van der Waals surface area contributed by atoms with Crippen molar-refractivity contribution in [2.75, 3.05) is 5.32 Å². The Hall–Kier alpha value is -0.870. The lowest BCUT2D eigenvalue weighted by Crippen LogP contribution is -2.17. The molecule has 0 unspecified atom stereocenters. The number of fused-ring (bicyclic) bond motifs is 1. The Morgan fingerprint density at radius 1 is 1.19 bits per heavy atom. The third-order valence-corrected chi connectivity index (χ3v) is 3.64. The van der Waals surface area contributed by atoms with Gasteiger partial charge in [0.15, 0.2) is 0 Å². The summed E-state index contributed by atoms with van der Waals surface area (Å²) in [4.78, 5) is 8.82. The highest BCUT2D eigenvalue weighted by Gasteiger charge is 2.20. The number of aromatic nitrogens is 2. The number of nitrogens with zero attached hydrogens (tertiary/aromatic N) is 2. The molecule has 1 aromatic heterocycles. The van der Waals surface area contributed by atoms with E-state index in [-0.39, 0.29) is 0 Å². The molecule has 3 rings (SSSR count). The summed E-state index contributed by atoms with van der Waals surface area (Å²) < 4.78 is 0. The summed E-state index contributed by atoms with van der Waals surface area (Å²) >= 11 is 6.13. The maximum atomic E-state index is 6.13. The predicted molar refractivity (Wildman–Crippen MR) is 63.5 cm³/mol. The first-order valence-corrected chi connectivity index (χ1v) is 6.23. The number of halogens is 1. The van der Waals surface area contributed by atoms with Gasteiger partial charge in [-0.2, -0.15) is 0 Å². The standard InChI is InChI=1S/C11H15ClN4/c12-10-8-5-13-6-9(8)15-11(16-10)14-7-3-1-2-4-7/h7,13H,1-6H2,(H,14,15,16). The minimum Gasteiger partial charge on any atom is -0.351 e. The van der Waals surface area contributed by atoms with Crippen LogP contribution in [-0.2, 0) is 13.1 Å². The molecule has 5 heteroatoms. The normalized spacial score (nSPS) is 20.1. The van der Waals surface area contributed by atoms with Crippen LogP contribution in [0.15, 0.2) is 0 Å². The topological polar surface area (TPSA) is 49.8 Å². The molecular formula is C11H15ClN4. The van der Waals surface area contributed by atoms with E-state index in [0.29, 0.717) is 17.1 Å². The Labute approximate surface area is 99.8 Å². The van der Waals surface area contributed by atoms with Gasteiger partial charge in [-0.25, -0.2) is 9.97 Å². The molecule has 86 valence electrons. The number of rotatable bonds is 2. The highest BCUT2D eigenvalue weighted by molar-refractivity contribution is 6.30. The zero-order valence-electron chi connectivity index (χ0n) is 9.09. The lowest BCUT2D eigenvalue weighted by atomic mass is 10.2. The summed E-state index contributed by atoms with van der Waals surface area (Å²) in [7, 11) is 0. The van der Waals surface area contributed by atoms with E-state index in [1.54, 1.807) is 0 Å². The summed E-state index contributed by atoms with van der Waals surface area (Å²) in [6.45, 7) is 1.59. The van der Waals surface area contributed by atoms with Gasteiger partial charge in [0.05, 0.1) is 5.69 Å². The van der Waals surface area contributed by atoms with Crippen molar-refractivity contribution < 1.29 is 0 Å². The van der Waals surface area contributed by atoms with Crippen LogP contribution >= 0.6 is 11.6 Å². The first-order valence-electron chi connectivity index (χ1n) is 5.85. The molecule has 0 atom stereocenters. The second-order valence-electron chi connectivity index (χ2n) is 4.49. The van der Waals surface area contributed by atoms with E-state index in [1.807, 2.05) is 0 Å². The van der Waals surface area contributed by atoms with Gasteiger partial charge < -0.3 is 10.6 Å². The van der Waals surface area contributed by atoms with Crippen molar-refractivity contribution in [2.24, 2.45) is 0 Å². The van der Waals surface area contributed by atoms with Gasteiger partial charge in [-0.15, -0.1) is 0 Å². The van der Waals surface area contributed by atoms with Gasteiger partial charge in [0.1, 0.15) is 5.15 Å². The van der Waals surface area contributed by atoms with E-state index in [1.165, 1.54) is 25.7 Å². The molecule has 0 amide bonds. The second-order valence-corrected chi connectivity index (χ2v) is 4.85. The molecule has 0 radical (unpaired) electrons. The highest BCUT2D eigenvalue weighted by atomic mass is 35.5. The van der Waals surface area contributed by atoms with Crippen LogP contribution in [0.25, 0.3) is 0 Å². The van der Waals surface area contributed by atoms with E-state index < -0.39 is 0 Å². The van der Waals surface area contributed by atoms with Gasteiger partial charge in [0, 0.05) is 24.7 Å². The van der Waals surface area contributed by atoms with Crippen molar-refractivity contribution in [1.82, 2.24) is 15.3 Å². The average molecular weight is 239 g/mol. The zero-order valence-corrected chi connectivity index (χ0v) is 9.85. The quantitative estimate of drug-likeness (QED) is 0.775. The minimum absolute atomic E-state index is 0.531. The molecule has 0 spiro atoms. The number of hydrogen-bond acceptors (Lipinski definition) is 4. The Morgan fingerprint density at radius 3 is 2.81 bits per heavy atom. The van der Waals surface area contributed by atoms with Crippen molar-refractivity contribution in [2.45, 2.75) is 44.8 Å². The first kappa shape index (κ1) is 10.3. The van der Waals surface area contributed by atoms with Crippen LogP contribution in [-0.4, -0.2) is 16.0 Å². The van der Waals surface area contributed by atoms with Gasteiger partial charge in [-0.05, 0) is 12.8 Å². The van der Waals surface area contributed by atoms with Gasteiger partial charge in [-0.1, -0.05) is 24.4 Å². The third-order valence-electron chi connectivity index (χ3n) is 3.32. The predicted octanol–water partition coefficient (Wildman–Crippen LogP) is 2.09. The fourth-order valence-corrected chi connectivity index (χ4v) is 2.70. The fourth-order valence-electron chi connectivity index (χ4n) is 2.44. The number of nitrogens with one attached hydrogen (secondary N) is 2. The molecule has 0 saturated heterocycles. The molecule has 4 nitrogen and oxygen atoms in total. The summed E-state index contributed by atoms with van der Waals surface area (Å²) in [6, 6.07) is 0.531. The monoisotopic (exact) mass is 238 g/mol. The molecule has 2 N–H and O–H groups in total. The van der Waals surface area contributed by atoms with E-state index in [0.717, 1.165) is 24.3 Å². The summed E-state index contributed by atoms with van der Waals surface area (Å²) in [5.41, 5.74) is 2.10. The van der Waals surface area contributed by atoms with Gasteiger partial charge in [0.25, 0.3) is 0 Å². The minimum atomic E-state index is 0.531. The molecule has 2 aliphatic rings. The molecular weight excluding hydrogens is 224 g/mol. The van der Waals surface area contributed by atoms with Crippen LogP contribution in [0.5, 0.6) is 0 Å². The Kier molecular flexibility index (Phi) is 2.69. The van der Waals surface area contributed by atoms with Crippen LogP contribution in [0, 0.1) is 0 Å². The lowest BCUT2D eigenvalue weighted by molar-refractivity contribution is 0.739. The molecule has 1 aliphatic carbocycles. The Bertz CT molecular complexity index is 401. The molecule has 0 aromatic carbocycles. The van der Waals surface area contributed by atoms with Crippen molar-refractivity contribution in [1.29, 1.82) is 0 Å². The third kappa shape index (κ3) is 1.87. The second kappa shape index (κ2) is 4.18. The van der Waals surface area contributed by atoms with E-state index >= 15 is 0 Å². The molecule has 1 aliphatic heterocycles. The van der Waals surface area contributed by atoms with Crippen molar-refractivity contribution in [3.63, 3.8) is 0 Å². The SMILES string of the molecule is Clc1nc(NC2CCCC2)nc2c1CNC2. The summed E-state index contributed by atoms with van der Waals surface area (Å²) in [5.74, 6) is 0.694. The van der Waals surface area contributed by atoms with E-state index in [2.05, 4.69) is 20.6 Å². The zero-order chi connectivity index (χ0) is 11.0. The highest BCUT2D eigenvalue weighted by Crippen LogP contribution is 2.25. The van der Waals surface area contributed by atoms with Crippen LogP contribution in [0.1, 0.15) is 36.9 Å². The van der Waals surface area contributed by atoms with Gasteiger partial charge in [-0.3, -0.25) is 0 Å². The van der Waals surface area contributed by atoms with Crippen molar-refractivity contribution >= 4 is 17.5 Å². The summed E-state index contributed by atoms with van der Waals surface area (Å²) in [6.07, 6.45) is 5.04. The molecule has 16 heavy (non-hydrogen) atoms. The largest absolute Gasteiger partial charge is 0.351 e. The maximum Gasteiger partial charge on any atom is 0.224 e. The number of anilines is 1. The molecule has 1 aromatic rings. The van der Waals surface area contributed by atoms with Crippen molar-refractivity contribution in [3.05, 3.63) is 16.4 Å². The van der Waals surface area contributed by atoms with Gasteiger partial charge in [0.2, 0.25) is 5.95 Å². The van der Waals surface area contributed by atoms with Crippen LogP contribution in [0.3, 0.4) is 0 Å². The van der Waals surface area contributed by atoms with Gasteiger partial charge >= 0.3 is 0 Å². The molecule has 0 bridgehead atoms. The average Bonchev–Trinajstić information content (AvgIpc) is 2.87. The van der Waals surface area contributed by atoms with E-state index in [4.69, 9.17) is 11.6 Å². The molecule has 1 saturated carbocycles.